The van der Waals surface area contributed by atoms with Crippen LogP contribution in [0.1, 0.15) is 18.4 Å². The summed E-state index contributed by atoms with van der Waals surface area (Å²) < 4.78 is 11.2. The topological polar surface area (TPSA) is 101 Å². The third-order valence-corrected chi connectivity index (χ3v) is 7.26. The van der Waals surface area contributed by atoms with E-state index in [0.717, 1.165) is 92.0 Å². The fourth-order valence-electron chi connectivity index (χ4n) is 5.23. The Morgan fingerprint density at radius 3 is 2.47 bits per heavy atom. The minimum atomic E-state index is 0.225. The van der Waals surface area contributed by atoms with E-state index in [0.29, 0.717) is 23.8 Å². The molecule has 5 heterocycles. The van der Waals surface area contributed by atoms with E-state index in [2.05, 4.69) is 32.6 Å². The Morgan fingerprint density at radius 1 is 0.816 bits per heavy atom. The molecule has 0 spiro atoms. The van der Waals surface area contributed by atoms with Gasteiger partial charge in [-0.1, -0.05) is 30.3 Å². The van der Waals surface area contributed by atoms with Gasteiger partial charge in [-0.3, -0.25) is 0 Å². The van der Waals surface area contributed by atoms with Gasteiger partial charge in [0, 0.05) is 51.4 Å². The summed E-state index contributed by atoms with van der Waals surface area (Å²) in [4.78, 5) is 24.8. The number of anilines is 3. The molecule has 3 aliphatic rings. The van der Waals surface area contributed by atoms with Gasteiger partial charge in [0.1, 0.15) is 5.69 Å². The van der Waals surface area contributed by atoms with Crippen molar-refractivity contribution in [3.63, 3.8) is 0 Å². The molecule has 0 amide bonds. The number of fused-ring (bicyclic) bond motifs is 2. The fourth-order valence-corrected chi connectivity index (χ4v) is 5.23. The average Bonchev–Trinajstić information content (AvgIpc) is 3.68. The SMILES string of the molecule is c1ccc(CNc2nc3nc(N4CCNCC4)nc(N4CCCC4)c3nc2-c2ccc3c(c2)OCO3)cc1. The van der Waals surface area contributed by atoms with Crippen LogP contribution in [0.15, 0.2) is 48.5 Å². The first-order valence-electron chi connectivity index (χ1n) is 13.3. The van der Waals surface area contributed by atoms with Crippen molar-refractivity contribution in [2.75, 3.05) is 61.2 Å². The van der Waals surface area contributed by atoms with Crippen LogP contribution in [0.25, 0.3) is 22.4 Å². The molecular weight excluding hydrogens is 480 g/mol. The Morgan fingerprint density at radius 2 is 1.63 bits per heavy atom. The van der Waals surface area contributed by atoms with Crippen molar-refractivity contribution in [3.05, 3.63) is 54.1 Å². The molecule has 0 unspecified atom stereocenters. The van der Waals surface area contributed by atoms with Crippen LogP contribution in [-0.4, -0.2) is 66.0 Å². The molecule has 0 radical (unpaired) electrons. The second-order valence-electron chi connectivity index (χ2n) is 9.78. The Bertz CT molecular complexity index is 1450. The van der Waals surface area contributed by atoms with Crippen molar-refractivity contribution < 1.29 is 9.47 Å². The molecule has 2 N–H and O–H groups in total. The Labute approximate surface area is 221 Å². The smallest absolute Gasteiger partial charge is 0.231 e. The van der Waals surface area contributed by atoms with Crippen LogP contribution in [0.5, 0.6) is 11.5 Å². The second kappa shape index (κ2) is 9.94. The summed E-state index contributed by atoms with van der Waals surface area (Å²) in [6, 6.07) is 16.2. The van der Waals surface area contributed by atoms with Gasteiger partial charge in [0.2, 0.25) is 12.7 Å². The van der Waals surface area contributed by atoms with Crippen LogP contribution in [0, 0.1) is 0 Å². The molecule has 10 nitrogen and oxygen atoms in total. The van der Waals surface area contributed by atoms with Crippen LogP contribution in [0.2, 0.25) is 0 Å². The minimum absolute atomic E-state index is 0.225. The van der Waals surface area contributed by atoms with E-state index in [1.54, 1.807) is 0 Å². The lowest BCUT2D eigenvalue weighted by Gasteiger charge is -2.28. The lowest BCUT2D eigenvalue weighted by molar-refractivity contribution is 0.174. The predicted octanol–water partition coefficient (Wildman–Crippen LogP) is 3.44. The normalized spacial score (nSPS) is 16.8. The van der Waals surface area contributed by atoms with Gasteiger partial charge in [0.05, 0.1) is 0 Å². The second-order valence-corrected chi connectivity index (χ2v) is 9.78. The monoisotopic (exact) mass is 510 g/mol. The first kappa shape index (κ1) is 23.0. The standard InChI is InChI=1S/C28H30N8O2/c1-2-6-19(7-3-1)17-30-25-23(20-8-9-21-22(16-20)38-18-37-21)31-24-26(32-25)33-28(36-14-10-29-11-15-36)34-27(24)35-12-4-5-13-35/h1-3,6-9,16,29H,4-5,10-15,17-18H2,(H,30,32,33,34). The van der Waals surface area contributed by atoms with E-state index < -0.39 is 0 Å². The van der Waals surface area contributed by atoms with E-state index in [9.17, 15) is 0 Å². The zero-order chi connectivity index (χ0) is 25.3. The van der Waals surface area contributed by atoms with Gasteiger partial charge >= 0.3 is 0 Å². The van der Waals surface area contributed by atoms with Crippen molar-refractivity contribution in [2.45, 2.75) is 19.4 Å². The van der Waals surface area contributed by atoms with Crippen LogP contribution in [-0.2, 0) is 6.54 Å². The van der Waals surface area contributed by atoms with Crippen molar-refractivity contribution in [2.24, 2.45) is 0 Å². The molecule has 2 aromatic carbocycles. The van der Waals surface area contributed by atoms with Crippen molar-refractivity contribution >= 4 is 28.7 Å². The third-order valence-electron chi connectivity index (χ3n) is 7.26. The number of ether oxygens (including phenoxy) is 2. The summed E-state index contributed by atoms with van der Waals surface area (Å²) in [6.45, 7) is 6.33. The molecule has 0 aliphatic carbocycles. The number of aromatic nitrogens is 4. The Kier molecular flexibility index (Phi) is 6.01. The highest BCUT2D eigenvalue weighted by atomic mass is 16.7. The first-order chi connectivity index (χ1) is 18.8. The third kappa shape index (κ3) is 4.41. The van der Waals surface area contributed by atoms with Crippen LogP contribution in [0.3, 0.4) is 0 Å². The summed E-state index contributed by atoms with van der Waals surface area (Å²) in [7, 11) is 0. The highest BCUT2D eigenvalue weighted by molar-refractivity contribution is 5.89. The lowest BCUT2D eigenvalue weighted by atomic mass is 10.1. The van der Waals surface area contributed by atoms with Crippen molar-refractivity contribution in [3.8, 4) is 22.8 Å². The Balaban J connectivity index is 1.37. The molecule has 38 heavy (non-hydrogen) atoms. The van der Waals surface area contributed by atoms with Crippen LogP contribution < -0.4 is 29.9 Å². The first-order valence-corrected chi connectivity index (χ1v) is 13.3. The fraction of sp³-hybridized carbons (Fsp3) is 0.357. The van der Waals surface area contributed by atoms with E-state index in [1.165, 1.54) is 0 Å². The zero-order valence-electron chi connectivity index (χ0n) is 21.2. The van der Waals surface area contributed by atoms with Crippen LogP contribution >= 0.6 is 0 Å². The highest BCUT2D eigenvalue weighted by Crippen LogP contribution is 2.38. The molecule has 0 saturated carbocycles. The maximum absolute atomic E-state index is 5.67. The molecule has 2 saturated heterocycles. The average molecular weight is 511 g/mol. The Hall–Kier alpha value is -4.18. The summed E-state index contributed by atoms with van der Waals surface area (Å²) in [5, 5.41) is 6.94. The molecule has 2 aromatic heterocycles. The van der Waals surface area contributed by atoms with E-state index in [1.807, 2.05) is 36.4 Å². The van der Waals surface area contributed by atoms with E-state index in [-0.39, 0.29) is 6.79 Å². The molecule has 7 rings (SSSR count). The maximum Gasteiger partial charge on any atom is 0.231 e. The number of hydrogen-bond donors (Lipinski definition) is 2. The summed E-state index contributed by atoms with van der Waals surface area (Å²) in [5.41, 5.74) is 4.13. The molecular formula is C28H30N8O2. The van der Waals surface area contributed by atoms with Gasteiger partial charge in [-0.05, 0) is 36.6 Å². The van der Waals surface area contributed by atoms with Gasteiger partial charge in [-0.15, -0.1) is 0 Å². The molecule has 2 fully saturated rings. The van der Waals surface area contributed by atoms with E-state index in [4.69, 9.17) is 29.4 Å². The maximum atomic E-state index is 5.67. The van der Waals surface area contributed by atoms with Crippen molar-refractivity contribution in [1.82, 2.24) is 25.3 Å². The van der Waals surface area contributed by atoms with Gasteiger partial charge in [0.15, 0.2) is 34.3 Å². The van der Waals surface area contributed by atoms with Crippen LogP contribution in [0.4, 0.5) is 17.6 Å². The molecule has 10 heteroatoms. The summed E-state index contributed by atoms with van der Waals surface area (Å²) in [6.07, 6.45) is 2.29. The number of rotatable bonds is 6. The molecule has 0 bridgehead atoms. The van der Waals surface area contributed by atoms with Gasteiger partial charge in [-0.25, -0.2) is 9.97 Å². The molecule has 194 valence electrons. The number of hydrogen-bond acceptors (Lipinski definition) is 10. The summed E-state index contributed by atoms with van der Waals surface area (Å²) >= 11 is 0. The zero-order valence-corrected chi connectivity index (χ0v) is 21.2. The van der Waals surface area contributed by atoms with Gasteiger partial charge < -0.3 is 29.9 Å². The minimum Gasteiger partial charge on any atom is -0.454 e. The van der Waals surface area contributed by atoms with E-state index >= 15 is 0 Å². The summed E-state index contributed by atoms with van der Waals surface area (Å²) in [5.74, 6) is 3.72. The molecule has 4 aromatic rings. The predicted molar refractivity (Wildman–Crippen MR) is 147 cm³/mol. The van der Waals surface area contributed by atoms with Crippen molar-refractivity contribution in [1.29, 1.82) is 0 Å². The van der Waals surface area contributed by atoms with Gasteiger partial charge in [0.25, 0.3) is 0 Å². The van der Waals surface area contributed by atoms with Gasteiger partial charge in [-0.2, -0.15) is 9.97 Å². The number of nitrogens with one attached hydrogen (secondary N) is 2. The lowest BCUT2D eigenvalue weighted by Crippen LogP contribution is -2.44. The number of nitrogens with zero attached hydrogens (tertiary/aromatic N) is 6. The number of benzene rings is 2. The number of piperazine rings is 1. The highest BCUT2D eigenvalue weighted by Gasteiger charge is 2.25. The quantitative estimate of drug-likeness (QED) is 0.401. The molecule has 3 aliphatic heterocycles. The largest absolute Gasteiger partial charge is 0.454 e. The molecule has 0 atom stereocenters.